The Morgan fingerprint density at radius 1 is 0.802 bits per heavy atom. The highest BCUT2D eigenvalue weighted by atomic mass is 32.7. The quantitative estimate of drug-likeness (QED) is 0.0503. The Hall–Kier alpha value is -7.19. The van der Waals surface area contributed by atoms with Crippen molar-refractivity contribution < 1.29 is 65.4 Å². The summed E-state index contributed by atoms with van der Waals surface area (Å²) in [5.74, 6) is -1.21. The Kier molecular flexibility index (Phi) is 14.5. The molecular formula is C53H52N10O15P2S. The number of benzene rings is 4. The van der Waals surface area contributed by atoms with E-state index in [0.29, 0.717) is 27.9 Å². The van der Waals surface area contributed by atoms with Crippen LogP contribution in [0.5, 0.6) is 11.5 Å². The van der Waals surface area contributed by atoms with Crippen molar-refractivity contribution in [1.29, 1.82) is 0 Å². The number of nitrogens with two attached hydrogens (primary N) is 2. The van der Waals surface area contributed by atoms with E-state index >= 15 is 9.13 Å². The van der Waals surface area contributed by atoms with Crippen LogP contribution in [0.25, 0.3) is 22.3 Å². The van der Waals surface area contributed by atoms with E-state index < -0.39 is 99.5 Å². The van der Waals surface area contributed by atoms with Crippen LogP contribution in [-0.4, -0.2) is 107 Å². The number of imidazole rings is 2. The van der Waals surface area contributed by atoms with Crippen LogP contribution in [0.4, 0.5) is 11.8 Å². The number of nitrogens with zero attached hydrogens (tertiary/aromatic N) is 7. The molecule has 6 N–H and O–H groups in total. The molecule has 0 radical (unpaired) electrons. The summed E-state index contributed by atoms with van der Waals surface area (Å²) in [5, 5.41) is 12.6. The molecule has 2 unspecified atom stereocenters. The first-order chi connectivity index (χ1) is 39.0. The van der Waals surface area contributed by atoms with Gasteiger partial charge in [-0.15, -0.1) is 0 Å². The molecule has 2 saturated carbocycles. The van der Waals surface area contributed by atoms with Gasteiger partial charge in [-0.3, -0.25) is 37.0 Å². The lowest BCUT2D eigenvalue weighted by atomic mass is 10.0. The Balaban J connectivity index is 0.883. The lowest BCUT2D eigenvalue weighted by Crippen LogP contribution is -2.38. The molecule has 81 heavy (non-hydrogen) atoms. The molecule has 4 fully saturated rings. The maximum Gasteiger partial charge on any atom is 0.475 e. The number of phosphoric ester groups is 1. The molecule has 11 atom stereocenters. The van der Waals surface area contributed by atoms with Gasteiger partial charge in [0.2, 0.25) is 5.95 Å². The van der Waals surface area contributed by atoms with E-state index in [1.165, 1.54) is 30.7 Å². The molecule has 25 nitrogen and oxygen atoms in total. The number of aromatic amines is 1. The summed E-state index contributed by atoms with van der Waals surface area (Å²) in [5.41, 5.74) is 14.6. The number of aryl methyl sites for hydroxylation is 2. The Morgan fingerprint density at radius 3 is 2.09 bits per heavy atom. The predicted octanol–water partition coefficient (Wildman–Crippen LogP) is 7.20. The zero-order valence-corrected chi connectivity index (χ0v) is 46.0. The number of nitrogen functional groups attached to an aromatic ring is 2. The summed E-state index contributed by atoms with van der Waals surface area (Å²) in [6, 6.07) is 26.0. The number of hydrogen-bond donors (Lipinski definition) is 4. The van der Waals surface area contributed by atoms with Crippen molar-refractivity contribution in [3.05, 3.63) is 160 Å². The molecule has 28 heteroatoms. The van der Waals surface area contributed by atoms with Crippen LogP contribution in [0.3, 0.4) is 0 Å². The number of aromatic nitrogens is 8. The molecule has 8 aromatic rings. The number of ether oxygens (including phenoxy) is 4. The number of esters is 2. The molecule has 2 aliphatic carbocycles. The molecule has 4 aliphatic rings. The van der Waals surface area contributed by atoms with Gasteiger partial charge in [-0.1, -0.05) is 59.7 Å². The molecule has 12 rings (SSSR count). The van der Waals surface area contributed by atoms with Gasteiger partial charge < -0.3 is 40.1 Å². The number of rotatable bonds is 13. The summed E-state index contributed by atoms with van der Waals surface area (Å²) < 4.78 is 90.7. The summed E-state index contributed by atoms with van der Waals surface area (Å²) in [6.45, 7) is -2.00. The second-order valence-corrected chi connectivity index (χ2v) is 25.7. The zero-order valence-electron chi connectivity index (χ0n) is 43.4. The fraction of sp³-hybridized carbons (Fsp3) is 0.321. The van der Waals surface area contributed by atoms with E-state index in [2.05, 4.69) is 29.9 Å². The van der Waals surface area contributed by atoms with Gasteiger partial charge in [0.25, 0.3) is 5.56 Å². The average molecular weight is 1160 g/mol. The summed E-state index contributed by atoms with van der Waals surface area (Å²) >= 11 is 0.829. The molecule has 2 saturated heterocycles. The van der Waals surface area contributed by atoms with Crippen LogP contribution < -0.4 is 26.5 Å². The van der Waals surface area contributed by atoms with Gasteiger partial charge in [-0.25, -0.2) is 38.7 Å². The van der Waals surface area contributed by atoms with E-state index in [-0.39, 0.29) is 58.7 Å². The van der Waals surface area contributed by atoms with Crippen molar-refractivity contribution in [2.24, 2.45) is 11.3 Å². The number of aliphatic hydroxyl groups excluding tert-OH is 1. The Morgan fingerprint density at radius 2 is 1.43 bits per heavy atom. The molecule has 2 aliphatic heterocycles. The fourth-order valence-corrected chi connectivity index (χ4v) is 15.4. The smallest absolute Gasteiger partial charge is 0.423 e. The predicted molar refractivity (Wildman–Crippen MR) is 291 cm³/mol. The highest BCUT2D eigenvalue weighted by molar-refractivity contribution is 8.54. The minimum absolute atomic E-state index is 0.0275. The lowest BCUT2D eigenvalue weighted by molar-refractivity contribution is -0.0617. The van der Waals surface area contributed by atoms with Crippen LogP contribution >= 0.6 is 26.0 Å². The molecule has 420 valence electrons. The third-order valence-corrected chi connectivity index (χ3v) is 19.8. The summed E-state index contributed by atoms with van der Waals surface area (Å²) in [6.07, 6.45) is -3.67. The fourth-order valence-electron chi connectivity index (χ4n) is 10.5. The molecular weight excluding hydrogens is 1110 g/mol. The number of phosphoric acid groups is 1. The number of carbonyl (C=O) groups is 2. The number of carbonyl (C=O) groups excluding carboxylic acids is 2. The van der Waals surface area contributed by atoms with Crippen LogP contribution in [0.1, 0.15) is 61.7 Å². The van der Waals surface area contributed by atoms with Crippen LogP contribution in [0.15, 0.2) is 121 Å². The average Bonchev–Trinajstić information content (AvgIpc) is 2.03. The van der Waals surface area contributed by atoms with E-state index in [9.17, 15) is 19.5 Å². The van der Waals surface area contributed by atoms with Gasteiger partial charge in [0.15, 0.2) is 28.9 Å². The topological polar surface area (TPSA) is 331 Å². The number of aliphatic hydroxyl groups is 1. The SMILES string of the molecule is CO[C@H]1[C@H]2OP(=O)(OCc3ccc(OC(=O)c4ccc(C)cc4)cc3)OCC34C[C@@H]3[C@@H](n3cnc5c(N)ncnc53)[C@H](O)[C@@H]4O[P@@](=O)(SCc3ccc(OC(=O)c4ccc(C)cc4)cc3)OC[C@H]1O[C@H]2n1cnc2c(=O)[nH]c(N)nc21. The van der Waals surface area contributed by atoms with Crippen molar-refractivity contribution >= 4 is 72.0 Å². The minimum Gasteiger partial charge on any atom is -0.423 e. The van der Waals surface area contributed by atoms with E-state index in [1.54, 1.807) is 89.5 Å². The first-order valence-electron chi connectivity index (χ1n) is 25.4. The number of H-pyrrole nitrogens is 1. The second kappa shape index (κ2) is 21.6. The summed E-state index contributed by atoms with van der Waals surface area (Å²) in [7, 11) is -3.55. The van der Waals surface area contributed by atoms with E-state index in [1.807, 2.05) is 26.0 Å². The number of hydrogen-bond acceptors (Lipinski definition) is 23. The standard InChI is InChI=1S/C53H52N10O15P2S/c1-28-4-12-32(13-5-28)50(66)74-34-16-8-30(9-17-34)21-71-79(68)73-24-53-20-36(53)40(62-26-58-38-45(54)56-25-57-46(38)62)41(64)44(53)78-80(69,81-23-31-10-18-35(19-11-31)75-51(67)33-14-6-29(2)7-15-33)72-22-37-42(70-3)43(77-79)49(76-37)63-27-59-39-47(63)60-52(55)61-48(39)65/h4-19,25-27,36-37,40-44,49,64H,20-24H2,1-3H3,(H2,54,56,57)(H3,55,60,61,65)/t36-,37-,40-,41+,42-,43-,44+,49-,53?,79?,80+/m1/s1. The van der Waals surface area contributed by atoms with Gasteiger partial charge in [-0.05, 0) is 97.2 Å². The number of methoxy groups -OCH3 is 1. The van der Waals surface area contributed by atoms with Crippen molar-refractivity contribution in [2.45, 2.75) is 75.4 Å². The monoisotopic (exact) mass is 1160 g/mol. The van der Waals surface area contributed by atoms with Gasteiger partial charge in [0.1, 0.15) is 53.9 Å². The Labute approximate surface area is 464 Å². The first-order valence-corrected chi connectivity index (χ1v) is 30.0. The molecule has 6 heterocycles. The third-order valence-electron chi connectivity index (χ3n) is 14.8. The molecule has 4 aromatic carbocycles. The maximum atomic E-state index is 15.7. The molecule has 0 amide bonds. The summed E-state index contributed by atoms with van der Waals surface area (Å²) in [4.78, 5) is 62.9. The first kappa shape index (κ1) is 54.4. The Bertz CT molecular complexity index is 3850. The van der Waals surface area contributed by atoms with Crippen molar-refractivity contribution in [2.75, 3.05) is 31.8 Å². The van der Waals surface area contributed by atoms with E-state index in [4.69, 9.17) is 53.0 Å². The highest BCUT2D eigenvalue weighted by Crippen LogP contribution is 2.75. The minimum atomic E-state index is -4.90. The number of anilines is 2. The van der Waals surface area contributed by atoms with Crippen LogP contribution in [-0.2, 0) is 53.6 Å². The van der Waals surface area contributed by atoms with Crippen LogP contribution in [0.2, 0.25) is 0 Å². The maximum absolute atomic E-state index is 15.7. The number of nitrogens with one attached hydrogen (secondary N) is 1. The second-order valence-electron chi connectivity index (χ2n) is 20.1. The van der Waals surface area contributed by atoms with Crippen LogP contribution in [0, 0.1) is 25.2 Å². The van der Waals surface area contributed by atoms with E-state index in [0.717, 1.165) is 22.5 Å². The van der Waals surface area contributed by atoms with Crippen molar-refractivity contribution in [1.82, 2.24) is 39.0 Å². The third kappa shape index (κ3) is 10.7. The van der Waals surface area contributed by atoms with Gasteiger partial charge in [0.05, 0.1) is 49.6 Å². The normalized spacial score (nSPS) is 28.1. The van der Waals surface area contributed by atoms with Gasteiger partial charge in [0, 0.05) is 18.3 Å². The molecule has 2 bridgehead atoms. The highest BCUT2D eigenvalue weighted by Gasteiger charge is 2.74. The molecule has 4 aromatic heterocycles. The van der Waals surface area contributed by atoms with Gasteiger partial charge in [-0.2, -0.15) is 4.98 Å². The van der Waals surface area contributed by atoms with Gasteiger partial charge >= 0.3 is 26.6 Å². The van der Waals surface area contributed by atoms with Crippen molar-refractivity contribution in [3.8, 4) is 11.5 Å². The largest absolute Gasteiger partial charge is 0.475 e. The van der Waals surface area contributed by atoms with Crippen molar-refractivity contribution in [3.63, 3.8) is 0 Å². The molecule has 1 spiro atoms. The lowest BCUT2D eigenvalue weighted by Gasteiger charge is -2.32. The number of fused-ring (bicyclic) bond motifs is 4. The zero-order chi connectivity index (χ0) is 56.4.